The van der Waals surface area contributed by atoms with Crippen molar-refractivity contribution in [1.82, 2.24) is 14.8 Å². The summed E-state index contributed by atoms with van der Waals surface area (Å²) in [4.78, 5) is 4.40. The molecule has 0 bridgehead atoms. The van der Waals surface area contributed by atoms with E-state index in [1.54, 1.807) is 6.20 Å². The molecule has 0 spiro atoms. The first kappa shape index (κ1) is 16.0. The van der Waals surface area contributed by atoms with Crippen molar-refractivity contribution in [2.45, 2.75) is 25.5 Å². The lowest BCUT2D eigenvalue weighted by Gasteiger charge is -2.23. The molecule has 5 nitrogen and oxygen atoms in total. The van der Waals surface area contributed by atoms with Crippen LogP contribution in [-0.4, -0.2) is 21.4 Å². The molecule has 132 valence electrons. The summed E-state index contributed by atoms with van der Waals surface area (Å²) < 4.78 is 7.96. The van der Waals surface area contributed by atoms with Gasteiger partial charge in [0.1, 0.15) is 5.69 Å². The molecule has 0 N–H and O–H groups in total. The first-order valence-electron chi connectivity index (χ1n) is 9.22. The Bertz CT molecular complexity index is 1180. The lowest BCUT2D eigenvalue weighted by atomic mass is 10.0. The molecule has 2 aromatic heterocycles. The van der Waals surface area contributed by atoms with Crippen LogP contribution in [0.15, 0.2) is 54.7 Å². The monoisotopic (exact) mass is 354 g/mol. The fraction of sp³-hybridized carbons (Fsp3) is 0.227. The van der Waals surface area contributed by atoms with Crippen LogP contribution in [0, 0.1) is 11.3 Å². The van der Waals surface area contributed by atoms with Gasteiger partial charge >= 0.3 is 0 Å². The fourth-order valence-corrected chi connectivity index (χ4v) is 3.78. The molecule has 2 aromatic carbocycles. The fourth-order valence-electron chi connectivity index (χ4n) is 3.78. The number of aromatic nitrogens is 3. The normalized spacial score (nSPS) is 17.2. The van der Waals surface area contributed by atoms with Gasteiger partial charge in [0, 0.05) is 29.1 Å². The van der Waals surface area contributed by atoms with E-state index in [0.717, 1.165) is 58.9 Å². The third kappa shape index (κ3) is 2.75. The molecule has 1 aliphatic heterocycles. The van der Waals surface area contributed by atoms with Crippen LogP contribution in [0.2, 0.25) is 0 Å². The van der Waals surface area contributed by atoms with Crippen LogP contribution in [0.1, 0.15) is 31.1 Å². The topological polar surface area (TPSA) is 63.7 Å². The summed E-state index contributed by atoms with van der Waals surface area (Å²) in [5.74, 6) is 0. The van der Waals surface area contributed by atoms with Crippen molar-refractivity contribution in [2.24, 2.45) is 0 Å². The number of benzene rings is 2. The quantitative estimate of drug-likeness (QED) is 0.517. The molecule has 0 radical (unpaired) electrons. The number of nitrogens with zero attached hydrogens (tertiary/aromatic N) is 4. The lowest BCUT2D eigenvalue weighted by molar-refractivity contribution is -0.0365. The smallest absolute Gasteiger partial charge is 0.150 e. The number of hydrogen-bond acceptors (Lipinski definition) is 4. The van der Waals surface area contributed by atoms with Crippen LogP contribution >= 0.6 is 0 Å². The van der Waals surface area contributed by atoms with E-state index in [2.05, 4.69) is 23.2 Å². The largest absolute Gasteiger partial charge is 0.356 e. The van der Waals surface area contributed by atoms with Crippen molar-refractivity contribution in [1.29, 1.82) is 5.26 Å². The number of rotatable bonds is 2. The molecule has 3 heterocycles. The Hall–Kier alpha value is -3.23. The van der Waals surface area contributed by atoms with Crippen LogP contribution < -0.4 is 0 Å². The van der Waals surface area contributed by atoms with Gasteiger partial charge in [-0.05, 0) is 55.7 Å². The third-order valence-electron chi connectivity index (χ3n) is 5.14. The third-order valence-corrected chi connectivity index (χ3v) is 5.14. The standard InChI is InChI=1S/C22H18N4O/c23-14-15-6-9-20-18(12-15)22(25-26(20)21-5-1-2-11-27-21)17-7-8-19-16(13-17)4-3-10-24-19/h3-4,6-10,12-13,21H,1-2,5,11H2. The van der Waals surface area contributed by atoms with E-state index in [1.165, 1.54) is 0 Å². The first-order valence-corrected chi connectivity index (χ1v) is 9.22. The summed E-state index contributed by atoms with van der Waals surface area (Å²) in [5, 5.41) is 16.3. The zero-order chi connectivity index (χ0) is 18.2. The van der Waals surface area contributed by atoms with Crippen LogP contribution in [0.4, 0.5) is 0 Å². The Morgan fingerprint density at radius 1 is 1.11 bits per heavy atom. The summed E-state index contributed by atoms with van der Waals surface area (Å²) >= 11 is 0. The van der Waals surface area contributed by atoms with Gasteiger partial charge in [0.15, 0.2) is 6.23 Å². The molecule has 27 heavy (non-hydrogen) atoms. The van der Waals surface area contributed by atoms with Gasteiger partial charge in [-0.2, -0.15) is 10.4 Å². The highest BCUT2D eigenvalue weighted by molar-refractivity contribution is 5.96. The average Bonchev–Trinajstić information content (AvgIpc) is 3.12. The molecule has 1 saturated heterocycles. The molecular formula is C22H18N4O. The molecule has 1 aliphatic rings. The summed E-state index contributed by atoms with van der Waals surface area (Å²) in [5.41, 5.74) is 4.49. The zero-order valence-corrected chi connectivity index (χ0v) is 14.8. The van der Waals surface area contributed by atoms with Crippen molar-refractivity contribution in [2.75, 3.05) is 6.61 Å². The Morgan fingerprint density at radius 3 is 2.93 bits per heavy atom. The second kappa shape index (κ2) is 6.49. The molecule has 1 fully saturated rings. The summed E-state index contributed by atoms with van der Waals surface area (Å²) in [7, 11) is 0. The summed E-state index contributed by atoms with van der Waals surface area (Å²) in [6.07, 6.45) is 4.94. The summed E-state index contributed by atoms with van der Waals surface area (Å²) in [6.45, 7) is 0.763. The number of pyridine rings is 1. The minimum atomic E-state index is -0.0509. The molecule has 4 aromatic rings. The van der Waals surface area contributed by atoms with Gasteiger partial charge < -0.3 is 4.74 Å². The van der Waals surface area contributed by atoms with E-state index in [4.69, 9.17) is 9.84 Å². The SMILES string of the molecule is N#Cc1ccc2c(c1)c(-c1ccc3ncccc3c1)nn2C1CCCCO1. The highest BCUT2D eigenvalue weighted by atomic mass is 16.5. The van der Waals surface area contributed by atoms with Crippen LogP contribution in [0.5, 0.6) is 0 Å². The maximum Gasteiger partial charge on any atom is 0.150 e. The van der Waals surface area contributed by atoms with Gasteiger partial charge in [-0.3, -0.25) is 4.98 Å². The Morgan fingerprint density at radius 2 is 2.07 bits per heavy atom. The first-order chi connectivity index (χ1) is 13.3. The number of nitriles is 1. The molecule has 0 saturated carbocycles. The number of fused-ring (bicyclic) bond motifs is 2. The molecule has 1 atom stereocenters. The maximum atomic E-state index is 9.35. The second-order valence-corrected chi connectivity index (χ2v) is 6.87. The van der Waals surface area contributed by atoms with Gasteiger partial charge in [-0.15, -0.1) is 0 Å². The lowest BCUT2D eigenvalue weighted by Crippen LogP contribution is -2.19. The van der Waals surface area contributed by atoms with Crippen LogP contribution in [0.25, 0.3) is 33.1 Å². The molecule has 0 aliphatic carbocycles. The van der Waals surface area contributed by atoms with E-state index >= 15 is 0 Å². The highest BCUT2D eigenvalue weighted by Gasteiger charge is 2.22. The zero-order valence-electron chi connectivity index (χ0n) is 14.8. The molecule has 1 unspecified atom stereocenters. The Kier molecular flexibility index (Phi) is 3.84. The predicted molar refractivity (Wildman–Crippen MR) is 104 cm³/mol. The molecule has 0 amide bonds. The van der Waals surface area contributed by atoms with Crippen molar-refractivity contribution >= 4 is 21.8 Å². The average molecular weight is 354 g/mol. The predicted octanol–water partition coefficient (Wildman–Crippen LogP) is 4.82. The maximum absolute atomic E-state index is 9.35. The van der Waals surface area contributed by atoms with Crippen molar-refractivity contribution < 1.29 is 4.74 Å². The van der Waals surface area contributed by atoms with Crippen molar-refractivity contribution in [3.8, 4) is 17.3 Å². The van der Waals surface area contributed by atoms with Gasteiger partial charge in [0.2, 0.25) is 0 Å². The molecule has 5 heteroatoms. The van der Waals surface area contributed by atoms with Crippen LogP contribution in [-0.2, 0) is 4.74 Å². The van der Waals surface area contributed by atoms with Crippen LogP contribution in [0.3, 0.4) is 0 Å². The highest BCUT2D eigenvalue weighted by Crippen LogP contribution is 2.34. The molecule has 5 rings (SSSR count). The van der Waals surface area contributed by atoms with Crippen molar-refractivity contribution in [3.05, 3.63) is 60.3 Å². The Balaban J connectivity index is 1.73. The van der Waals surface area contributed by atoms with Gasteiger partial charge in [0.25, 0.3) is 0 Å². The van der Waals surface area contributed by atoms with Gasteiger partial charge in [-0.1, -0.05) is 12.1 Å². The number of hydrogen-bond donors (Lipinski definition) is 0. The Labute approximate surface area is 156 Å². The van der Waals surface area contributed by atoms with Crippen molar-refractivity contribution in [3.63, 3.8) is 0 Å². The summed E-state index contributed by atoms with van der Waals surface area (Å²) in [6, 6.07) is 18.1. The van der Waals surface area contributed by atoms with E-state index < -0.39 is 0 Å². The van der Waals surface area contributed by atoms with Gasteiger partial charge in [0.05, 0.1) is 22.7 Å². The second-order valence-electron chi connectivity index (χ2n) is 6.87. The molecular weight excluding hydrogens is 336 g/mol. The van der Waals surface area contributed by atoms with E-state index in [-0.39, 0.29) is 6.23 Å². The number of ether oxygens (including phenoxy) is 1. The van der Waals surface area contributed by atoms with E-state index in [1.807, 2.05) is 41.1 Å². The van der Waals surface area contributed by atoms with Gasteiger partial charge in [-0.25, -0.2) is 4.68 Å². The van der Waals surface area contributed by atoms with E-state index in [0.29, 0.717) is 5.56 Å². The minimum Gasteiger partial charge on any atom is -0.356 e. The van der Waals surface area contributed by atoms with E-state index in [9.17, 15) is 5.26 Å². The minimum absolute atomic E-state index is 0.0509.